The smallest absolute Gasteiger partial charge is 0.252 e. The van der Waals surface area contributed by atoms with Crippen molar-refractivity contribution in [2.24, 2.45) is 5.73 Å². The second kappa shape index (κ2) is 7.89. The average molecular weight is 349 g/mol. The lowest BCUT2D eigenvalue weighted by molar-refractivity contribution is 0.0895. The fourth-order valence-electron chi connectivity index (χ4n) is 2.39. The molecule has 24 heavy (non-hydrogen) atoms. The minimum Gasteiger partial charge on any atom is -0.365 e. The number of fused-ring (bicyclic) bond motifs is 1. The number of hydrogen-bond acceptors (Lipinski definition) is 4. The third-order valence-electron chi connectivity index (χ3n) is 3.89. The van der Waals surface area contributed by atoms with Crippen molar-refractivity contribution in [1.29, 1.82) is 0 Å². The first-order valence-corrected chi connectivity index (χ1v) is 12.2. The molecule has 0 spiro atoms. The minimum atomic E-state index is -1.12. The van der Waals surface area contributed by atoms with Gasteiger partial charge in [0.1, 0.15) is 12.2 Å². The molecule has 6 nitrogen and oxygen atoms in total. The molecule has 0 aromatic carbocycles. The first-order chi connectivity index (χ1) is 11.3. The van der Waals surface area contributed by atoms with E-state index in [1.807, 2.05) is 4.57 Å². The van der Waals surface area contributed by atoms with Gasteiger partial charge in [-0.05, 0) is 18.9 Å². The molecule has 2 aromatic rings. The van der Waals surface area contributed by atoms with E-state index in [2.05, 4.69) is 36.5 Å². The molecule has 0 aliphatic carbocycles. The number of nitrogens with zero attached hydrogens (tertiary/aromatic N) is 3. The summed E-state index contributed by atoms with van der Waals surface area (Å²) in [5.74, 6) is -0.484. The Hall–Kier alpha value is -1.73. The van der Waals surface area contributed by atoms with Crippen molar-refractivity contribution in [3.63, 3.8) is 0 Å². The number of ether oxygens (including phenoxy) is 1. The number of carbonyl (C=O) groups excluding carboxylic acids is 1. The van der Waals surface area contributed by atoms with Gasteiger partial charge in [0.25, 0.3) is 5.91 Å². The highest BCUT2D eigenvalue weighted by atomic mass is 28.3. The molecule has 0 aliphatic rings. The number of carbonyl (C=O) groups is 1. The van der Waals surface area contributed by atoms with Gasteiger partial charge in [-0.3, -0.25) is 4.79 Å². The van der Waals surface area contributed by atoms with Crippen molar-refractivity contribution >= 4 is 25.1 Å². The summed E-state index contributed by atoms with van der Waals surface area (Å²) < 4.78 is 7.59. The van der Waals surface area contributed by atoms with Gasteiger partial charge in [-0.15, -0.1) is 0 Å². The molecule has 2 N–H and O–H groups in total. The number of aromatic nitrogens is 3. The zero-order valence-corrected chi connectivity index (χ0v) is 16.1. The standard InChI is InChI=1S/C17H28N4O2Si/c1-5-6-7-13-10-19-17-15(20-13)14(16(18)22)11-21(17)12-23-8-9-24(2,3)4/h10-11H,5-9,12H2,1-4H3,(H2,18,22). The highest BCUT2D eigenvalue weighted by Gasteiger charge is 2.17. The van der Waals surface area contributed by atoms with Crippen molar-refractivity contribution < 1.29 is 9.53 Å². The highest BCUT2D eigenvalue weighted by molar-refractivity contribution is 6.76. The average Bonchev–Trinajstić information content (AvgIpc) is 2.87. The monoisotopic (exact) mass is 348 g/mol. The van der Waals surface area contributed by atoms with Crippen LogP contribution in [0.4, 0.5) is 0 Å². The predicted octanol–water partition coefficient (Wildman–Crippen LogP) is 3.19. The van der Waals surface area contributed by atoms with Gasteiger partial charge in [0, 0.05) is 20.9 Å². The topological polar surface area (TPSA) is 83.0 Å². The Morgan fingerprint density at radius 1 is 1.38 bits per heavy atom. The van der Waals surface area contributed by atoms with Gasteiger partial charge in [-0.2, -0.15) is 0 Å². The molecule has 0 fully saturated rings. The van der Waals surface area contributed by atoms with E-state index in [9.17, 15) is 4.79 Å². The Kier molecular flexibility index (Phi) is 6.12. The molecule has 0 saturated heterocycles. The maximum absolute atomic E-state index is 11.7. The maximum Gasteiger partial charge on any atom is 0.252 e. The lowest BCUT2D eigenvalue weighted by Crippen LogP contribution is -2.22. The number of nitrogens with two attached hydrogens (primary N) is 1. The number of unbranched alkanes of at least 4 members (excludes halogenated alkanes) is 1. The van der Waals surface area contributed by atoms with Gasteiger partial charge in [0.15, 0.2) is 5.65 Å². The maximum atomic E-state index is 11.7. The van der Waals surface area contributed by atoms with Crippen molar-refractivity contribution in [2.75, 3.05) is 6.61 Å². The van der Waals surface area contributed by atoms with Gasteiger partial charge in [-0.25, -0.2) is 9.97 Å². The van der Waals surface area contributed by atoms with E-state index in [0.717, 1.165) is 31.0 Å². The number of primary amides is 1. The van der Waals surface area contributed by atoms with Crippen LogP contribution in [0.25, 0.3) is 11.2 Å². The van der Waals surface area contributed by atoms with E-state index in [1.165, 1.54) is 0 Å². The largest absolute Gasteiger partial charge is 0.365 e. The van der Waals surface area contributed by atoms with Crippen molar-refractivity contribution in [3.05, 3.63) is 23.7 Å². The van der Waals surface area contributed by atoms with E-state index >= 15 is 0 Å². The Labute approximate surface area is 144 Å². The molecule has 0 radical (unpaired) electrons. The fraction of sp³-hybridized carbons (Fsp3) is 0.588. The molecule has 0 unspecified atom stereocenters. The molecule has 0 aliphatic heterocycles. The molecule has 0 saturated carbocycles. The molecule has 132 valence electrons. The number of rotatable bonds is 9. The van der Waals surface area contributed by atoms with Gasteiger partial charge >= 0.3 is 0 Å². The van der Waals surface area contributed by atoms with Crippen molar-refractivity contribution in [1.82, 2.24) is 14.5 Å². The van der Waals surface area contributed by atoms with E-state index in [0.29, 0.717) is 30.1 Å². The van der Waals surface area contributed by atoms with Crippen LogP contribution in [-0.2, 0) is 17.9 Å². The third-order valence-corrected chi connectivity index (χ3v) is 5.60. The van der Waals surface area contributed by atoms with Crippen LogP contribution >= 0.6 is 0 Å². The number of hydrogen-bond donors (Lipinski definition) is 1. The highest BCUT2D eigenvalue weighted by Crippen LogP contribution is 2.19. The normalized spacial score (nSPS) is 12.0. The summed E-state index contributed by atoms with van der Waals surface area (Å²) in [5, 5.41) is 0. The first kappa shape index (κ1) is 18.6. The molecule has 1 amide bonds. The quantitative estimate of drug-likeness (QED) is 0.557. The van der Waals surface area contributed by atoms with Gasteiger partial charge in [-0.1, -0.05) is 33.0 Å². The van der Waals surface area contributed by atoms with Gasteiger partial charge in [0.2, 0.25) is 0 Å². The third kappa shape index (κ3) is 4.88. The van der Waals surface area contributed by atoms with Crippen molar-refractivity contribution in [2.45, 2.75) is 58.6 Å². The molecular weight excluding hydrogens is 320 g/mol. The zero-order chi connectivity index (χ0) is 17.7. The van der Waals surface area contributed by atoms with Crippen LogP contribution in [0, 0.1) is 0 Å². The lowest BCUT2D eigenvalue weighted by atomic mass is 10.2. The summed E-state index contributed by atoms with van der Waals surface area (Å²) in [6.45, 7) is 10.2. The van der Waals surface area contributed by atoms with E-state index in [1.54, 1.807) is 12.4 Å². The predicted molar refractivity (Wildman–Crippen MR) is 98.8 cm³/mol. The van der Waals surface area contributed by atoms with E-state index < -0.39 is 14.0 Å². The van der Waals surface area contributed by atoms with E-state index in [-0.39, 0.29) is 0 Å². The van der Waals surface area contributed by atoms with Crippen LogP contribution in [0.3, 0.4) is 0 Å². The summed E-state index contributed by atoms with van der Waals surface area (Å²) in [5.41, 5.74) is 8.02. The fourth-order valence-corrected chi connectivity index (χ4v) is 3.14. The van der Waals surface area contributed by atoms with Crippen molar-refractivity contribution in [3.8, 4) is 0 Å². The summed E-state index contributed by atoms with van der Waals surface area (Å²) in [6.07, 6.45) is 6.48. The molecule has 0 atom stereocenters. The summed E-state index contributed by atoms with van der Waals surface area (Å²) >= 11 is 0. The van der Waals surface area contributed by atoms with Crippen LogP contribution in [0.2, 0.25) is 25.7 Å². The molecule has 2 heterocycles. The number of amides is 1. The Morgan fingerprint density at radius 3 is 2.75 bits per heavy atom. The Balaban J connectivity index is 2.19. The van der Waals surface area contributed by atoms with Crippen LogP contribution in [-0.4, -0.2) is 35.1 Å². The molecular formula is C17H28N4O2Si. The second-order valence-electron chi connectivity index (χ2n) is 7.36. The van der Waals surface area contributed by atoms with Crippen LogP contribution in [0.5, 0.6) is 0 Å². The Bertz CT molecular complexity index is 706. The lowest BCUT2D eigenvalue weighted by Gasteiger charge is -2.15. The molecule has 2 aromatic heterocycles. The Morgan fingerprint density at radius 2 is 2.12 bits per heavy atom. The number of aryl methyl sites for hydroxylation is 1. The molecule has 0 bridgehead atoms. The van der Waals surface area contributed by atoms with Gasteiger partial charge in [0.05, 0.1) is 17.5 Å². The van der Waals surface area contributed by atoms with Crippen LogP contribution in [0.15, 0.2) is 12.4 Å². The van der Waals surface area contributed by atoms with E-state index in [4.69, 9.17) is 10.5 Å². The summed E-state index contributed by atoms with van der Waals surface area (Å²) in [6, 6.07) is 1.10. The molecule has 7 heteroatoms. The van der Waals surface area contributed by atoms with Crippen LogP contribution < -0.4 is 5.73 Å². The second-order valence-corrected chi connectivity index (χ2v) is 13.0. The van der Waals surface area contributed by atoms with Crippen LogP contribution in [0.1, 0.15) is 35.8 Å². The minimum absolute atomic E-state index is 0.358. The summed E-state index contributed by atoms with van der Waals surface area (Å²) in [7, 11) is -1.12. The van der Waals surface area contributed by atoms with Gasteiger partial charge < -0.3 is 15.0 Å². The molecule has 2 rings (SSSR count). The SMILES string of the molecule is CCCCc1cnc2c(n1)c(C(N)=O)cn2COCC[Si](C)(C)C. The summed E-state index contributed by atoms with van der Waals surface area (Å²) in [4.78, 5) is 20.8. The first-order valence-electron chi connectivity index (χ1n) is 8.54. The zero-order valence-electron chi connectivity index (χ0n) is 15.1.